The number of ether oxygens (including phenoxy) is 1. The summed E-state index contributed by atoms with van der Waals surface area (Å²) in [5, 5.41) is 16.1. The summed E-state index contributed by atoms with van der Waals surface area (Å²) in [4.78, 5) is 4.61. The number of aliphatic imine (C=N–C) groups is 1. The van der Waals surface area contributed by atoms with Crippen molar-refractivity contribution < 1.29 is 9.84 Å². The van der Waals surface area contributed by atoms with Crippen LogP contribution in [0, 0.1) is 5.41 Å². The van der Waals surface area contributed by atoms with Crippen LogP contribution in [0.1, 0.15) is 47.5 Å². The third kappa shape index (κ3) is 6.57. The highest BCUT2D eigenvalue weighted by molar-refractivity contribution is 5.79. The lowest BCUT2D eigenvalue weighted by molar-refractivity contribution is 0.0268. The summed E-state index contributed by atoms with van der Waals surface area (Å²) >= 11 is 0. The molecule has 5 nitrogen and oxygen atoms in total. The smallest absolute Gasteiger partial charge is 0.191 e. The molecule has 0 amide bonds. The fourth-order valence-electron chi connectivity index (χ4n) is 1.70. The van der Waals surface area contributed by atoms with Crippen LogP contribution in [-0.2, 0) is 4.74 Å². The molecule has 0 fully saturated rings. The highest BCUT2D eigenvalue weighted by Crippen LogP contribution is 2.25. The third-order valence-corrected chi connectivity index (χ3v) is 3.99. The van der Waals surface area contributed by atoms with Crippen molar-refractivity contribution >= 4 is 5.96 Å². The van der Waals surface area contributed by atoms with Gasteiger partial charge < -0.3 is 20.5 Å². The zero-order valence-corrected chi connectivity index (χ0v) is 14.0. The first-order chi connectivity index (χ1) is 9.38. The minimum Gasteiger partial charge on any atom is -0.396 e. The van der Waals surface area contributed by atoms with E-state index in [0.29, 0.717) is 13.1 Å². The van der Waals surface area contributed by atoms with Crippen molar-refractivity contribution in [2.24, 2.45) is 10.4 Å². The van der Waals surface area contributed by atoms with E-state index < -0.39 is 0 Å². The molecule has 0 saturated heterocycles. The van der Waals surface area contributed by atoms with Gasteiger partial charge in [0.1, 0.15) is 0 Å². The molecule has 0 aromatic rings. The van der Waals surface area contributed by atoms with E-state index >= 15 is 0 Å². The number of guanidine groups is 1. The van der Waals surface area contributed by atoms with Gasteiger partial charge in [0.05, 0.1) is 18.8 Å². The van der Waals surface area contributed by atoms with Gasteiger partial charge in [-0.2, -0.15) is 0 Å². The Hall–Kier alpha value is -0.810. The number of nitrogens with one attached hydrogen (secondary N) is 2. The standard InChI is InChI=1S/C15H33N3O2/c1-7-15(8-2,12-19)11-18-13(16-9-3)17-10-14(4,5)20-6/h19H,7-12H2,1-6H3,(H2,16,17,18). The second-order valence-electron chi connectivity index (χ2n) is 5.88. The van der Waals surface area contributed by atoms with Crippen molar-refractivity contribution in [3.63, 3.8) is 0 Å². The van der Waals surface area contributed by atoms with Crippen molar-refractivity contribution in [3.05, 3.63) is 0 Å². The largest absolute Gasteiger partial charge is 0.396 e. The van der Waals surface area contributed by atoms with Gasteiger partial charge >= 0.3 is 0 Å². The summed E-state index contributed by atoms with van der Waals surface area (Å²) in [5.74, 6) is 0.775. The molecule has 0 radical (unpaired) electrons. The summed E-state index contributed by atoms with van der Waals surface area (Å²) in [6.07, 6.45) is 1.85. The Bertz CT molecular complexity index is 279. The van der Waals surface area contributed by atoms with Gasteiger partial charge in [-0.25, -0.2) is 0 Å². The first-order valence-corrected chi connectivity index (χ1v) is 7.56. The Labute approximate surface area is 124 Å². The van der Waals surface area contributed by atoms with Crippen LogP contribution in [0.3, 0.4) is 0 Å². The summed E-state index contributed by atoms with van der Waals surface area (Å²) in [6.45, 7) is 12.6. The van der Waals surface area contributed by atoms with E-state index in [1.165, 1.54) is 0 Å². The summed E-state index contributed by atoms with van der Waals surface area (Å²) < 4.78 is 5.39. The zero-order chi connectivity index (χ0) is 15.6. The van der Waals surface area contributed by atoms with Gasteiger partial charge in [0.2, 0.25) is 0 Å². The van der Waals surface area contributed by atoms with E-state index in [2.05, 4.69) is 29.5 Å². The number of hydrogen-bond acceptors (Lipinski definition) is 3. The lowest BCUT2D eigenvalue weighted by atomic mass is 9.83. The average Bonchev–Trinajstić information content (AvgIpc) is 2.46. The average molecular weight is 287 g/mol. The molecule has 5 heteroatoms. The number of rotatable bonds is 9. The lowest BCUT2D eigenvalue weighted by Gasteiger charge is -2.28. The summed E-state index contributed by atoms with van der Waals surface area (Å²) in [6, 6.07) is 0. The second-order valence-corrected chi connectivity index (χ2v) is 5.88. The fraction of sp³-hybridized carbons (Fsp3) is 0.933. The van der Waals surface area contributed by atoms with Crippen LogP contribution in [0.25, 0.3) is 0 Å². The van der Waals surface area contributed by atoms with Crippen molar-refractivity contribution in [2.45, 2.75) is 53.1 Å². The molecular weight excluding hydrogens is 254 g/mol. The minimum absolute atomic E-state index is 0.112. The van der Waals surface area contributed by atoms with Crippen LogP contribution in [0.4, 0.5) is 0 Å². The van der Waals surface area contributed by atoms with E-state index in [4.69, 9.17) is 4.74 Å². The van der Waals surface area contributed by atoms with Crippen LogP contribution in [-0.4, -0.2) is 50.0 Å². The molecule has 0 spiro atoms. The van der Waals surface area contributed by atoms with Gasteiger partial charge in [0.25, 0.3) is 0 Å². The fourth-order valence-corrected chi connectivity index (χ4v) is 1.70. The molecule has 0 aliphatic heterocycles. The Morgan fingerprint density at radius 1 is 1.15 bits per heavy atom. The summed E-state index contributed by atoms with van der Waals surface area (Å²) in [7, 11) is 1.71. The molecule has 0 rings (SSSR count). The molecule has 120 valence electrons. The second kappa shape index (κ2) is 9.19. The number of nitrogens with zero attached hydrogens (tertiary/aromatic N) is 1. The van der Waals surface area contributed by atoms with Gasteiger partial charge in [-0.05, 0) is 33.6 Å². The predicted octanol–water partition coefficient (Wildman–Crippen LogP) is 1.77. The van der Waals surface area contributed by atoms with Crippen molar-refractivity contribution in [1.82, 2.24) is 10.6 Å². The normalized spacial score (nSPS) is 13.4. The van der Waals surface area contributed by atoms with E-state index in [-0.39, 0.29) is 17.6 Å². The monoisotopic (exact) mass is 287 g/mol. The third-order valence-electron chi connectivity index (χ3n) is 3.99. The van der Waals surface area contributed by atoms with Crippen LogP contribution in [0.2, 0.25) is 0 Å². The Kier molecular flexibility index (Phi) is 8.81. The highest BCUT2D eigenvalue weighted by Gasteiger charge is 2.25. The quantitative estimate of drug-likeness (QED) is 0.447. The molecule has 0 saturated carbocycles. The zero-order valence-electron chi connectivity index (χ0n) is 14.0. The van der Waals surface area contributed by atoms with Gasteiger partial charge in [0, 0.05) is 25.6 Å². The van der Waals surface area contributed by atoms with Crippen molar-refractivity contribution in [3.8, 4) is 0 Å². The van der Waals surface area contributed by atoms with Crippen LogP contribution in [0.5, 0.6) is 0 Å². The van der Waals surface area contributed by atoms with E-state index in [1.807, 2.05) is 20.8 Å². The molecule has 0 aromatic heterocycles. The first kappa shape index (κ1) is 19.2. The maximum Gasteiger partial charge on any atom is 0.191 e. The van der Waals surface area contributed by atoms with Crippen molar-refractivity contribution in [1.29, 1.82) is 0 Å². The summed E-state index contributed by atoms with van der Waals surface area (Å²) in [5.41, 5.74) is -0.348. The highest BCUT2D eigenvalue weighted by atomic mass is 16.5. The molecule has 0 atom stereocenters. The molecule has 0 aliphatic rings. The van der Waals surface area contributed by atoms with Gasteiger partial charge in [-0.1, -0.05) is 13.8 Å². The molecule has 0 aromatic carbocycles. The predicted molar refractivity (Wildman–Crippen MR) is 85.2 cm³/mol. The van der Waals surface area contributed by atoms with Gasteiger partial charge in [-0.3, -0.25) is 4.99 Å². The maximum atomic E-state index is 9.59. The van der Waals surface area contributed by atoms with Crippen LogP contribution < -0.4 is 10.6 Å². The first-order valence-electron chi connectivity index (χ1n) is 7.56. The number of methoxy groups -OCH3 is 1. The Balaban J connectivity index is 4.69. The van der Waals surface area contributed by atoms with Gasteiger partial charge in [0.15, 0.2) is 5.96 Å². The minimum atomic E-state index is -0.236. The Morgan fingerprint density at radius 2 is 1.75 bits per heavy atom. The maximum absolute atomic E-state index is 9.59. The lowest BCUT2D eigenvalue weighted by Crippen LogP contribution is -2.45. The molecule has 0 aliphatic carbocycles. The van der Waals surface area contributed by atoms with Gasteiger partial charge in [-0.15, -0.1) is 0 Å². The van der Waals surface area contributed by atoms with E-state index in [9.17, 15) is 5.11 Å². The number of aliphatic hydroxyl groups is 1. The van der Waals surface area contributed by atoms with Crippen LogP contribution in [0.15, 0.2) is 4.99 Å². The molecule has 3 N–H and O–H groups in total. The Morgan fingerprint density at radius 3 is 2.15 bits per heavy atom. The molecule has 0 bridgehead atoms. The van der Waals surface area contributed by atoms with E-state index in [1.54, 1.807) is 7.11 Å². The molecule has 20 heavy (non-hydrogen) atoms. The number of hydrogen-bond donors (Lipinski definition) is 3. The SMILES string of the molecule is CCNC(=NCC(CC)(CC)CO)NCC(C)(C)OC. The van der Waals surface area contributed by atoms with Crippen molar-refractivity contribution in [2.75, 3.05) is 33.4 Å². The number of aliphatic hydroxyl groups excluding tert-OH is 1. The molecule has 0 heterocycles. The topological polar surface area (TPSA) is 65.9 Å². The van der Waals surface area contributed by atoms with Crippen LogP contribution >= 0.6 is 0 Å². The molecular formula is C15H33N3O2. The molecule has 0 unspecified atom stereocenters. The van der Waals surface area contributed by atoms with E-state index in [0.717, 1.165) is 25.3 Å².